The fraction of sp³-hybridized carbons (Fsp3) is 0.182. The van der Waals surface area contributed by atoms with Gasteiger partial charge in [-0.25, -0.2) is 0 Å². The van der Waals surface area contributed by atoms with E-state index in [0.717, 1.165) is 11.3 Å². The lowest BCUT2D eigenvalue weighted by Crippen LogP contribution is -1.91. The minimum atomic E-state index is 0.172. The molecule has 0 heterocycles. The highest BCUT2D eigenvalue weighted by atomic mass is 16.6. The lowest BCUT2D eigenvalue weighted by atomic mass is 10.2. The second-order valence-corrected chi connectivity index (χ2v) is 2.45. The van der Waals surface area contributed by atoms with E-state index in [1.165, 1.54) is 0 Å². The van der Waals surface area contributed by atoms with Crippen LogP contribution in [0.15, 0.2) is 29.4 Å². The summed E-state index contributed by atoms with van der Waals surface area (Å²) in [7, 11) is 1.61. The van der Waals surface area contributed by atoms with Gasteiger partial charge in [0.25, 0.3) is 0 Å². The number of terminal acetylenes is 1. The van der Waals surface area contributed by atoms with Crippen LogP contribution in [-0.4, -0.2) is 19.9 Å². The molecule has 0 amide bonds. The third kappa shape index (κ3) is 2.83. The second-order valence-electron chi connectivity index (χ2n) is 2.45. The van der Waals surface area contributed by atoms with Gasteiger partial charge < -0.3 is 9.57 Å². The molecule has 0 atom stereocenters. The number of methoxy groups -OCH3 is 1. The maximum Gasteiger partial charge on any atom is 0.177 e. The van der Waals surface area contributed by atoms with Gasteiger partial charge in [0, 0.05) is 5.56 Å². The van der Waals surface area contributed by atoms with Crippen LogP contribution in [0.2, 0.25) is 0 Å². The summed E-state index contributed by atoms with van der Waals surface area (Å²) >= 11 is 0. The predicted octanol–water partition coefficient (Wildman–Crippen LogP) is 1.68. The minimum absolute atomic E-state index is 0.172. The van der Waals surface area contributed by atoms with Gasteiger partial charge in [-0.2, -0.15) is 0 Å². The van der Waals surface area contributed by atoms with Crippen LogP contribution >= 0.6 is 0 Å². The topological polar surface area (TPSA) is 30.8 Å². The number of oxime groups is 1. The molecule has 0 bridgehead atoms. The highest BCUT2D eigenvalue weighted by molar-refractivity contribution is 5.82. The highest BCUT2D eigenvalue weighted by Crippen LogP contribution is 2.14. The lowest BCUT2D eigenvalue weighted by Gasteiger charge is -2.02. The summed E-state index contributed by atoms with van der Waals surface area (Å²) in [5.41, 5.74) is 0.854. The first-order chi connectivity index (χ1) is 6.88. The molecule has 3 heteroatoms. The van der Waals surface area contributed by atoms with Crippen LogP contribution in [0, 0.1) is 12.3 Å². The summed E-state index contributed by atoms with van der Waals surface area (Å²) < 4.78 is 5.12. The van der Waals surface area contributed by atoms with Crippen molar-refractivity contribution in [1.82, 2.24) is 0 Å². The Kier molecular flexibility index (Phi) is 4.09. The van der Waals surface area contributed by atoms with E-state index in [4.69, 9.17) is 16.0 Å². The van der Waals surface area contributed by atoms with Crippen molar-refractivity contribution >= 4 is 6.21 Å². The Morgan fingerprint density at radius 2 is 2.29 bits per heavy atom. The van der Waals surface area contributed by atoms with E-state index in [0.29, 0.717) is 0 Å². The van der Waals surface area contributed by atoms with Gasteiger partial charge in [-0.3, -0.25) is 0 Å². The highest BCUT2D eigenvalue weighted by Gasteiger charge is 1.96. The molecule has 0 aliphatic carbocycles. The van der Waals surface area contributed by atoms with Crippen molar-refractivity contribution < 1.29 is 9.57 Å². The maximum absolute atomic E-state index is 5.12. The molecule has 3 nitrogen and oxygen atoms in total. The maximum atomic E-state index is 5.12. The van der Waals surface area contributed by atoms with E-state index >= 15 is 0 Å². The van der Waals surface area contributed by atoms with E-state index in [1.807, 2.05) is 24.3 Å². The van der Waals surface area contributed by atoms with Crippen LogP contribution in [0.1, 0.15) is 5.56 Å². The molecule has 0 fully saturated rings. The van der Waals surface area contributed by atoms with E-state index in [2.05, 4.69) is 11.1 Å². The monoisotopic (exact) mass is 189 g/mol. The number of hydrogen-bond donors (Lipinski definition) is 0. The first kappa shape index (κ1) is 10.1. The molecule has 1 aromatic rings. The quantitative estimate of drug-likeness (QED) is 0.312. The Morgan fingerprint density at radius 3 is 3.00 bits per heavy atom. The molecule has 0 radical (unpaired) electrons. The molecular formula is C11H11NO2. The van der Waals surface area contributed by atoms with Crippen LogP contribution < -0.4 is 4.74 Å². The molecule has 0 saturated carbocycles. The van der Waals surface area contributed by atoms with Crippen LogP contribution in [0.3, 0.4) is 0 Å². The summed E-state index contributed by atoms with van der Waals surface area (Å²) in [5, 5.41) is 3.69. The summed E-state index contributed by atoms with van der Waals surface area (Å²) in [6.07, 6.45) is 6.56. The molecule has 1 aromatic carbocycles. The zero-order valence-electron chi connectivity index (χ0n) is 7.93. The standard InChI is InChI=1S/C11H11NO2/c1-3-8-14-12-9-10-6-4-5-7-11(10)13-2/h1,4-7,9H,8H2,2H3. The van der Waals surface area contributed by atoms with Gasteiger partial charge in [0.05, 0.1) is 13.3 Å². The van der Waals surface area contributed by atoms with Gasteiger partial charge in [-0.15, -0.1) is 6.42 Å². The molecule has 0 spiro atoms. The number of para-hydroxylation sites is 1. The molecule has 14 heavy (non-hydrogen) atoms. The largest absolute Gasteiger partial charge is 0.496 e. The molecular weight excluding hydrogens is 178 g/mol. The van der Waals surface area contributed by atoms with Crippen LogP contribution in [0.5, 0.6) is 5.75 Å². The van der Waals surface area contributed by atoms with Gasteiger partial charge >= 0.3 is 0 Å². The van der Waals surface area contributed by atoms with Crippen LogP contribution in [0.25, 0.3) is 0 Å². The fourth-order valence-corrected chi connectivity index (χ4v) is 0.942. The first-order valence-corrected chi connectivity index (χ1v) is 4.10. The SMILES string of the molecule is C#CCON=Cc1ccccc1OC. The van der Waals surface area contributed by atoms with Crippen LogP contribution in [0.4, 0.5) is 0 Å². The molecule has 0 saturated heterocycles. The zero-order chi connectivity index (χ0) is 10.2. The summed E-state index contributed by atoms with van der Waals surface area (Å²) in [6.45, 7) is 0.172. The lowest BCUT2D eigenvalue weighted by molar-refractivity contribution is 0.181. The van der Waals surface area contributed by atoms with Crippen molar-refractivity contribution in [3.05, 3.63) is 29.8 Å². The van der Waals surface area contributed by atoms with Gasteiger partial charge in [-0.1, -0.05) is 23.2 Å². The molecule has 72 valence electrons. The average molecular weight is 189 g/mol. The first-order valence-electron chi connectivity index (χ1n) is 4.10. The molecule has 0 unspecified atom stereocenters. The Hall–Kier alpha value is -1.95. The van der Waals surface area contributed by atoms with E-state index < -0.39 is 0 Å². The van der Waals surface area contributed by atoms with Crippen LogP contribution in [-0.2, 0) is 4.84 Å². The normalized spacial score (nSPS) is 9.71. The molecule has 0 aliphatic heterocycles. The number of nitrogens with zero attached hydrogens (tertiary/aromatic N) is 1. The Morgan fingerprint density at radius 1 is 1.50 bits per heavy atom. The number of hydrogen-bond acceptors (Lipinski definition) is 3. The second kappa shape index (κ2) is 5.65. The van der Waals surface area contributed by atoms with Gasteiger partial charge in [0.15, 0.2) is 6.61 Å². The van der Waals surface area contributed by atoms with Gasteiger partial charge in [0.1, 0.15) is 5.75 Å². The number of benzene rings is 1. The fourth-order valence-electron chi connectivity index (χ4n) is 0.942. The van der Waals surface area contributed by atoms with E-state index in [-0.39, 0.29) is 6.61 Å². The molecule has 0 aromatic heterocycles. The molecule has 1 rings (SSSR count). The van der Waals surface area contributed by atoms with Gasteiger partial charge in [0.2, 0.25) is 0 Å². The molecule has 0 aliphatic rings. The Labute approximate surface area is 83.3 Å². The zero-order valence-corrected chi connectivity index (χ0v) is 7.93. The average Bonchev–Trinajstić information content (AvgIpc) is 2.25. The van der Waals surface area contributed by atoms with Gasteiger partial charge in [-0.05, 0) is 12.1 Å². The van der Waals surface area contributed by atoms with Crippen molar-refractivity contribution in [3.63, 3.8) is 0 Å². The minimum Gasteiger partial charge on any atom is -0.496 e. The van der Waals surface area contributed by atoms with Crippen molar-refractivity contribution in [3.8, 4) is 18.1 Å². The Bertz CT molecular complexity index is 353. The third-order valence-corrected chi connectivity index (χ3v) is 1.55. The number of rotatable bonds is 4. The van der Waals surface area contributed by atoms with Crippen molar-refractivity contribution in [1.29, 1.82) is 0 Å². The van der Waals surface area contributed by atoms with E-state index in [1.54, 1.807) is 13.3 Å². The predicted molar refractivity (Wildman–Crippen MR) is 55.4 cm³/mol. The molecule has 0 N–H and O–H groups in total. The summed E-state index contributed by atoms with van der Waals surface area (Å²) in [4.78, 5) is 4.76. The number of ether oxygens (including phenoxy) is 1. The Balaban J connectivity index is 2.66. The summed E-state index contributed by atoms with van der Waals surface area (Å²) in [6, 6.07) is 7.51. The van der Waals surface area contributed by atoms with Crippen molar-refractivity contribution in [2.75, 3.05) is 13.7 Å². The summed E-state index contributed by atoms with van der Waals surface area (Å²) in [5.74, 6) is 3.07. The van der Waals surface area contributed by atoms with E-state index in [9.17, 15) is 0 Å². The van der Waals surface area contributed by atoms with Crippen molar-refractivity contribution in [2.45, 2.75) is 0 Å². The smallest absolute Gasteiger partial charge is 0.177 e. The third-order valence-electron chi connectivity index (χ3n) is 1.55. The van der Waals surface area contributed by atoms with Crippen molar-refractivity contribution in [2.24, 2.45) is 5.16 Å².